The van der Waals surface area contributed by atoms with E-state index in [4.69, 9.17) is 9.97 Å². The van der Waals surface area contributed by atoms with E-state index in [9.17, 15) is 9.59 Å². The molecule has 8 nitrogen and oxygen atoms in total. The largest absolute Gasteiger partial charge is 0.373 e. The number of benzene rings is 1. The van der Waals surface area contributed by atoms with E-state index in [-0.39, 0.29) is 17.7 Å². The Kier molecular flexibility index (Phi) is 5.91. The molecule has 1 N–H and O–H groups in total. The fraction of sp³-hybridized carbons (Fsp3) is 0.520. The molecule has 0 radical (unpaired) electrons. The molecule has 4 heterocycles. The second-order valence-electron chi connectivity index (χ2n) is 9.28. The summed E-state index contributed by atoms with van der Waals surface area (Å²) in [5.74, 6) is 1.88. The molecule has 1 atom stereocenters. The number of nitrogens with one attached hydrogen (secondary N) is 1. The van der Waals surface area contributed by atoms with Crippen molar-refractivity contribution >= 4 is 23.3 Å². The van der Waals surface area contributed by atoms with Gasteiger partial charge in [-0.05, 0) is 37.5 Å². The Morgan fingerprint density at radius 3 is 2.64 bits per heavy atom. The molecule has 0 bridgehead atoms. The maximum absolute atomic E-state index is 13.3. The summed E-state index contributed by atoms with van der Waals surface area (Å²) in [6.45, 7) is 6.31. The van der Waals surface area contributed by atoms with Gasteiger partial charge in [-0.15, -0.1) is 0 Å². The third-order valence-corrected chi connectivity index (χ3v) is 7.16. The van der Waals surface area contributed by atoms with Crippen LogP contribution in [0.2, 0.25) is 0 Å². The Balaban J connectivity index is 1.32. The van der Waals surface area contributed by atoms with Crippen molar-refractivity contribution in [2.24, 2.45) is 0 Å². The van der Waals surface area contributed by atoms with Crippen molar-refractivity contribution in [3.8, 4) is 0 Å². The first-order valence-electron chi connectivity index (χ1n) is 12.0. The first-order valence-corrected chi connectivity index (χ1v) is 12.0. The number of anilines is 2. The van der Waals surface area contributed by atoms with Gasteiger partial charge >= 0.3 is 0 Å². The van der Waals surface area contributed by atoms with Crippen molar-refractivity contribution in [3.05, 3.63) is 46.9 Å². The van der Waals surface area contributed by atoms with E-state index in [1.54, 1.807) is 6.92 Å². The second kappa shape index (κ2) is 9.00. The summed E-state index contributed by atoms with van der Waals surface area (Å²) in [6.07, 6.45) is 4.03. The Morgan fingerprint density at radius 1 is 1.06 bits per heavy atom. The number of fused-ring (bicyclic) bond motifs is 1. The SMILES string of the molecule is CNc1nc(C2CCN(C(=O)c3cccc(N4CCCC4)c3)C2)nc2c1CN(C(C)=O)CC2. The highest BCUT2D eigenvalue weighted by molar-refractivity contribution is 5.95. The van der Waals surface area contributed by atoms with Crippen molar-refractivity contribution in [3.63, 3.8) is 0 Å². The van der Waals surface area contributed by atoms with Gasteiger partial charge in [-0.2, -0.15) is 0 Å². The Morgan fingerprint density at radius 2 is 1.88 bits per heavy atom. The summed E-state index contributed by atoms with van der Waals surface area (Å²) in [5.41, 5.74) is 3.93. The number of rotatable bonds is 4. The van der Waals surface area contributed by atoms with Crippen LogP contribution in [0.5, 0.6) is 0 Å². The lowest BCUT2D eigenvalue weighted by molar-refractivity contribution is -0.129. The monoisotopic (exact) mass is 448 g/mol. The topological polar surface area (TPSA) is 81.7 Å². The van der Waals surface area contributed by atoms with Gasteiger partial charge in [0, 0.05) is 75.8 Å². The summed E-state index contributed by atoms with van der Waals surface area (Å²) in [6, 6.07) is 8.05. The first-order chi connectivity index (χ1) is 16.0. The molecule has 1 unspecified atom stereocenters. The molecule has 3 aliphatic rings. The molecule has 0 aliphatic carbocycles. The molecule has 1 aromatic heterocycles. The summed E-state index contributed by atoms with van der Waals surface area (Å²) in [7, 11) is 1.86. The van der Waals surface area contributed by atoms with Crippen LogP contribution in [0, 0.1) is 0 Å². The van der Waals surface area contributed by atoms with Crippen LogP contribution in [0.4, 0.5) is 11.5 Å². The van der Waals surface area contributed by atoms with E-state index in [0.29, 0.717) is 26.2 Å². The molecule has 33 heavy (non-hydrogen) atoms. The highest BCUT2D eigenvalue weighted by Crippen LogP contribution is 2.31. The zero-order valence-corrected chi connectivity index (χ0v) is 19.5. The maximum Gasteiger partial charge on any atom is 0.253 e. The van der Waals surface area contributed by atoms with Crippen LogP contribution < -0.4 is 10.2 Å². The Bertz CT molecular complexity index is 1050. The highest BCUT2D eigenvalue weighted by Gasteiger charge is 2.32. The lowest BCUT2D eigenvalue weighted by Crippen LogP contribution is -2.35. The van der Waals surface area contributed by atoms with Gasteiger partial charge in [0.2, 0.25) is 5.91 Å². The molecule has 5 rings (SSSR count). The number of amides is 2. The van der Waals surface area contributed by atoms with Crippen LogP contribution in [-0.2, 0) is 17.8 Å². The van der Waals surface area contributed by atoms with E-state index >= 15 is 0 Å². The first kappa shape index (κ1) is 21.7. The molecule has 174 valence electrons. The van der Waals surface area contributed by atoms with Crippen molar-refractivity contribution in [2.45, 2.75) is 45.1 Å². The Hall–Kier alpha value is -3.16. The van der Waals surface area contributed by atoms with E-state index in [0.717, 1.165) is 60.1 Å². The standard InChI is InChI=1S/C25H32N6O2/c1-17(32)30-13-9-22-21(16-30)24(26-2)28-23(27-22)19-8-12-31(15-19)25(33)18-6-5-7-20(14-18)29-10-3-4-11-29/h5-7,14,19H,3-4,8-13,15-16H2,1-2H3,(H,26,27,28). The smallest absolute Gasteiger partial charge is 0.253 e. The van der Waals surface area contributed by atoms with Crippen LogP contribution >= 0.6 is 0 Å². The lowest BCUT2D eigenvalue weighted by atomic mass is 10.0. The van der Waals surface area contributed by atoms with E-state index in [1.165, 1.54) is 12.8 Å². The number of likely N-dealkylation sites (tertiary alicyclic amines) is 1. The molecule has 2 amide bonds. The van der Waals surface area contributed by atoms with Crippen molar-refractivity contribution < 1.29 is 9.59 Å². The maximum atomic E-state index is 13.3. The minimum Gasteiger partial charge on any atom is -0.373 e. The summed E-state index contributed by atoms with van der Waals surface area (Å²) >= 11 is 0. The van der Waals surface area contributed by atoms with Crippen LogP contribution in [0.15, 0.2) is 24.3 Å². The lowest BCUT2D eigenvalue weighted by Gasteiger charge is -2.29. The highest BCUT2D eigenvalue weighted by atomic mass is 16.2. The molecule has 0 spiro atoms. The van der Waals surface area contributed by atoms with Crippen LogP contribution in [0.25, 0.3) is 0 Å². The van der Waals surface area contributed by atoms with E-state index in [2.05, 4.69) is 16.3 Å². The predicted molar refractivity (Wildman–Crippen MR) is 128 cm³/mol. The molecule has 8 heteroatoms. The van der Waals surface area contributed by atoms with Crippen LogP contribution in [-0.4, -0.2) is 71.4 Å². The minimum absolute atomic E-state index is 0.0746. The third-order valence-electron chi connectivity index (χ3n) is 7.16. The van der Waals surface area contributed by atoms with Gasteiger partial charge in [0.1, 0.15) is 11.6 Å². The van der Waals surface area contributed by atoms with Crippen molar-refractivity contribution in [1.82, 2.24) is 19.8 Å². The molecular formula is C25H32N6O2. The molecule has 2 aromatic rings. The number of carbonyl (C=O) groups excluding carboxylic acids is 2. The molecule has 0 saturated carbocycles. The molecular weight excluding hydrogens is 416 g/mol. The zero-order valence-electron chi connectivity index (χ0n) is 19.5. The normalized spacial score (nSPS) is 20.2. The van der Waals surface area contributed by atoms with Crippen LogP contribution in [0.3, 0.4) is 0 Å². The Labute approximate surface area is 195 Å². The quantitative estimate of drug-likeness (QED) is 0.775. The molecule has 3 aliphatic heterocycles. The van der Waals surface area contributed by atoms with Gasteiger partial charge in [-0.3, -0.25) is 9.59 Å². The number of carbonyl (C=O) groups is 2. The van der Waals surface area contributed by atoms with Crippen molar-refractivity contribution in [2.75, 3.05) is 50.0 Å². The van der Waals surface area contributed by atoms with Crippen molar-refractivity contribution in [1.29, 1.82) is 0 Å². The molecule has 2 saturated heterocycles. The fourth-order valence-electron chi connectivity index (χ4n) is 5.24. The summed E-state index contributed by atoms with van der Waals surface area (Å²) in [5, 5.41) is 3.20. The summed E-state index contributed by atoms with van der Waals surface area (Å²) in [4.78, 5) is 40.9. The number of nitrogens with zero attached hydrogens (tertiary/aromatic N) is 5. The van der Waals surface area contributed by atoms with Gasteiger partial charge < -0.3 is 20.0 Å². The minimum atomic E-state index is 0.0746. The molecule has 1 aromatic carbocycles. The molecule has 2 fully saturated rings. The summed E-state index contributed by atoms with van der Waals surface area (Å²) < 4.78 is 0. The van der Waals surface area contributed by atoms with Gasteiger partial charge in [0.05, 0.1) is 12.2 Å². The number of hydrogen-bond acceptors (Lipinski definition) is 6. The fourth-order valence-corrected chi connectivity index (χ4v) is 5.24. The zero-order chi connectivity index (χ0) is 22.9. The van der Waals surface area contributed by atoms with Gasteiger partial charge in [-0.25, -0.2) is 9.97 Å². The third kappa shape index (κ3) is 4.26. The number of aromatic nitrogens is 2. The van der Waals surface area contributed by atoms with E-state index in [1.807, 2.05) is 35.0 Å². The predicted octanol–water partition coefficient (Wildman–Crippen LogP) is 2.65. The van der Waals surface area contributed by atoms with Gasteiger partial charge in [0.25, 0.3) is 5.91 Å². The average molecular weight is 449 g/mol. The average Bonchev–Trinajstić information content (AvgIpc) is 3.55. The van der Waals surface area contributed by atoms with Gasteiger partial charge in [0.15, 0.2) is 0 Å². The van der Waals surface area contributed by atoms with Gasteiger partial charge in [-0.1, -0.05) is 6.07 Å². The van der Waals surface area contributed by atoms with E-state index < -0.39 is 0 Å². The second-order valence-corrected chi connectivity index (χ2v) is 9.28. The number of hydrogen-bond donors (Lipinski definition) is 1. The van der Waals surface area contributed by atoms with Crippen LogP contribution in [0.1, 0.15) is 59.5 Å².